The Labute approximate surface area is 103 Å². The summed E-state index contributed by atoms with van der Waals surface area (Å²) in [5.41, 5.74) is -1.53. The fraction of sp³-hybridized carbons (Fsp3) is 0.846. The monoisotopic (exact) mass is 241 g/mol. The van der Waals surface area contributed by atoms with E-state index in [1.807, 2.05) is 20.8 Å². The maximum absolute atomic E-state index is 12.2. The van der Waals surface area contributed by atoms with Crippen LogP contribution in [0.15, 0.2) is 0 Å². The van der Waals surface area contributed by atoms with Gasteiger partial charge in [-0.25, -0.2) is 0 Å². The predicted molar refractivity (Wildman–Crippen MR) is 65.7 cm³/mol. The van der Waals surface area contributed by atoms with Crippen LogP contribution in [-0.4, -0.2) is 22.5 Å². The molecule has 1 saturated carbocycles. The van der Waals surface area contributed by atoms with Crippen molar-refractivity contribution in [2.24, 2.45) is 5.41 Å². The van der Waals surface area contributed by atoms with Gasteiger partial charge in [-0.3, -0.25) is 9.59 Å². The first-order chi connectivity index (χ1) is 7.84. The second kappa shape index (κ2) is 5.07. The van der Waals surface area contributed by atoms with Gasteiger partial charge in [-0.15, -0.1) is 0 Å². The van der Waals surface area contributed by atoms with E-state index in [0.29, 0.717) is 12.8 Å². The van der Waals surface area contributed by atoms with Gasteiger partial charge in [0.25, 0.3) is 0 Å². The maximum Gasteiger partial charge on any atom is 0.319 e. The summed E-state index contributed by atoms with van der Waals surface area (Å²) in [6.07, 6.45) is 4.40. The van der Waals surface area contributed by atoms with Gasteiger partial charge in [-0.05, 0) is 33.1 Å². The van der Waals surface area contributed by atoms with E-state index in [1.54, 1.807) is 0 Å². The third-order valence-corrected chi connectivity index (χ3v) is 3.89. The number of nitrogens with one attached hydrogen (secondary N) is 1. The molecule has 4 nitrogen and oxygen atoms in total. The molecule has 0 heterocycles. The van der Waals surface area contributed by atoms with E-state index in [0.717, 1.165) is 25.7 Å². The van der Waals surface area contributed by atoms with Gasteiger partial charge in [0.2, 0.25) is 5.91 Å². The molecule has 1 rings (SSSR count). The summed E-state index contributed by atoms with van der Waals surface area (Å²) in [7, 11) is 0. The first-order valence-electron chi connectivity index (χ1n) is 6.40. The van der Waals surface area contributed by atoms with Crippen molar-refractivity contribution in [3.05, 3.63) is 0 Å². The van der Waals surface area contributed by atoms with Crippen LogP contribution in [0.1, 0.15) is 59.3 Å². The molecular weight excluding hydrogens is 218 g/mol. The lowest BCUT2D eigenvalue weighted by molar-refractivity contribution is -0.159. The molecule has 0 aromatic heterocycles. The first kappa shape index (κ1) is 14.0. The summed E-state index contributed by atoms with van der Waals surface area (Å²) < 4.78 is 0. The van der Waals surface area contributed by atoms with Crippen LogP contribution >= 0.6 is 0 Å². The summed E-state index contributed by atoms with van der Waals surface area (Å²) in [6.45, 7) is 5.82. The highest BCUT2D eigenvalue weighted by Gasteiger charge is 2.47. The highest BCUT2D eigenvalue weighted by Crippen LogP contribution is 2.37. The first-order valence-corrected chi connectivity index (χ1v) is 6.40. The summed E-state index contributed by atoms with van der Waals surface area (Å²) in [6, 6.07) is 0. The Kier molecular flexibility index (Phi) is 4.17. The fourth-order valence-corrected chi connectivity index (χ4v) is 2.21. The van der Waals surface area contributed by atoms with Crippen molar-refractivity contribution in [2.75, 3.05) is 0 Å². The fourth-order valence-electron chi connectivity index (χ4n) is 2.21. The minimum atomic E-state index is -1.19. The molecule has 0 radical (unpaired) electrons. The second-order valence-corrected chi connectivity index (χ2v) is 5.64. The third kappa shape index (κ3) is 2.99. The van der Waals surface area contributed by atoms with E-state index in [2.05, 4.69) is 5.32 Å². The number of amides is 1. The van der Waals surface area contributed by atoms with Crippen molar-refractivity contribution in [1.82, 2.24) is 5.32 Å². The van der Waals surface area contributed by atoms with Gasteiger partial charge in [0.1, 0.15) is 5.41 Å². The van der Waals surface area contributed by atoms with E-state index in [-0.39, 0.29) is 11.4 Å². The van der Waals surface area contributed by atoms with Crippen molar-refractivity contribution in [1.29, 1.82) is 0 Å². The lowest BCUT2D eigenvalue weighted by Gasteiger charge is -2.35. The van der Waals surface area contributed by atoms with Crippen molar-refractivity contribution >= 4 is 11.9 Å². The number of carbonyl (C=O) groups excluding carboxylic acids is 1. The van der Waals surface area contributed by atoms with Gasteiger partial charge in [-0.1, -0.05) is 26.2 Å². The van der Waals surface area contributed by atoms with Gasteiger partial charge in [0.05, 0.1) is 0 Å². The molecule has 0 aliphatic heterocycles. The highest BCUT2D eigenvalue weighted by molar-refractivity contribution is 6.02. The molecule has 0 atom stereocenters. The van der Waals surface area contributed by atoms with Crippen LogP contribution in [0.5, 0.6) is 0 Å². The number of rotatable bonds is 4. The topological polar surface area (TPSA) is 66.4 Å². The second-order valence-electron chi connectivity index (χ2n) is 5.64. The number of aliphatic carboxylic acids is 1. The summed E-state index contributed by atoms with van der Waals surface area (Å²) in [5.74, 6) is -1.28. The zero-order valence-corrected chi connectivity index (χ0v) is 11.0. The van der Waals surface area contributed by atoms with E-state index in [9.17, 15) is 14.7 Å². The Balaban J connectivity index is 2.84. The smallest absolute Gasteiger partial charge is 0.319 e. The van der Waals surface area contributed by atoms with Gasteiger partial charge >= 0.3 is 5.97 Å². The average Bonchev–Trinajstić information content (AvgIpc) is 2.29. The molecule has 4 heteroatoms. The zero-order valence-electron chi connectivity index (χ0n) is 11.0. The number of carbonyl (C=O) groups is 2. The highest BCUT2D eigenvalue weighted by atomic mass is 16.4. The van der Waals surface area contributed by atoms with Crippen LogP contribution < -0.4 is 5.32 Å². The van der Waals surface area contributed by atoms with Crippen molar-refractivity contribution in [3.8, 4) is 0 Å². The summed E-state index contributed by atoms with van der Waals surface area (Å²) >= 11 is 0. The number of hydrogen-bond acceptors (Lipinski definition) is 2. The molecule has 0 saturated heterocycles. The Morgan fingerprint density at radius 2 is 1.76 bits per heavy atom. The predicted octanol–water partition coefficient (Wildman–Crippen LogP) is 2.33. The van der Waals surface area contributed by atoms with Crippen LogP contribution in [0.4, 0.5) is 0 Å². The van der Waals surface area contributed by atoms with Crippen LogP contribution in [0.25, 0.3) is 0 Å². The van der Waals surface area contributed by atoms with Crippen molar-refractivity contribution in [2.45, 2.75) is 64.8 Å². The molecule has 98 valence electrons. The minimum absolute atomic E-state index is 0.309. The Bertz CT molecular complexity index is 304. The molecule has 0 unspecified atom stereocenters. The van der Waals surface area contributed by atoms with E-state index in [4.69, 9.17) is 0 Å². The largest absolute Gasteiger partial charge is 0.480 e. The van der Waals surface area contributed by atoms with Gasteiger partial charge in [-0.2, -0.15) is 0 Å². The Morgan fingerprint density at radius 3 is 2.18 bits per heavy atom. The molecule has 0 aromatic rings. The Hall–Kier alpha value is -1.06. The third-order valence-electron chi connectivity index (χ3n) is 3.89. The normalized spacial score (nSPS) is 19.7. The molecule has 1 fully saturated rings. The molecule has 0 bridgehead atoms. The van der Waals surface area contributed by atoms with Gasteiger partial charge in [0.15, 0.2) is 0 Å². The molecular formula is C13H23NO3. The SMILES string of the molecule is CCC(C)(C)NC(=O)C1(C(=O)O)CCCCC1. The van der Waals surface area contributed by atoms with Crippen LogP contribution in [0.3, 0.4) is 0 Å². The summed E-state index contributed by atoms with van der Waals surface area (Å²) in [4.78, 5) is 23.7. The average molecular weight is 241 g/mol. The molecule has 0 aromatic carbocycles. The molecule has 1 aliphatic rings. The maximum atomic E-state index is 12.2. The molecule has 1 aliphatic carbocycles. The Morgan fingerprint density at radius 1 is 1.24 bits per heavy atom. The minimum Gasteiger partial charge on any atom is -0.480 e. The van der Waals surface area contributed by atoms with Crippen molar-refractivity contribution in [3.63, 3.8) is 0 Å². The molecule has 0 spiro atoms. The molecule has 17 heavy (non-hydrogen) atoms. The van der Waals surface area contributed by atoms with E-state index in [1.165, 1.54) is 0 Å². The lowest BCUT2D eigenvalue weighted by atomic mass is 9.73. The zero-order chi connectivity index (χ0) is 13.1. The number of carboxylic acids is 1. The molecule has 1 amide bonds. The van der Waals surface area contributed by atoms with E-state index < -0.39 is 11.4 Å². The lowest BCUT2D eigenvalue weighted by Crippen LogP contribution is -2.54. The number of hydrogen-bond donors (Lipinski definition) is 2. The van der Waals surface area contributed by atoms with Crippen LogP contribution in [0.2, 0.25) is 0 Å². The van der Waals surface area contributed by atoms with Gasteiger partial charge in [0, 0.05) is 5.54 Å². The van der Waals surface area contributed by atoms with Crippen LogP contribution in [-0.2, 0) is 9.59 Å². The van der Waals surface area contributed by atoms with Gasteiger partial charge < -0.3 is 10.4 Å². The molecule has 2 N–H and O–H groups in total. The standard InChI is InChI=1S/C13H23NO3/c1-4-12(2,3)14-10(15)13(11(16)17)8-6-5-7-9-13/h4-9H2,1-3H3,(H,14,15)(H,16,17). The van der Waals surface area contributed by atoms with Crippen molar-refractivity contribution < 1.29 is 14.7 Å². The number of carboxylic acid groups (broad SMARTS) is 1. The summed E-state index contributed by atoms with van der Waals surface area (Å²) in [5, 5.41) is 12.2. The quantitative estimate of drug-likeness (QED) is 0.742. The van der Waals surface area contributed by atoms with E-state index >= 15 is 0 Å². The van der Waals surface area contributed by atoms with Crippen LogP contribution in [0, 0.1) is 5.41 Å².